The van der Waals surface area contributed by atoms with E-state index >= 15 is 0 Å². The van der Waals surface area contributed by atoms with E-state index in [4.69, 9.17) is 10.5 Å². The first kappa shape index (κ1) is 21.9. The number of halogens is 1. The Morgan fingerprint density at radius 3 is 2.47 bits per heavy atom. The molecule has 2 aromatic carbocycles. The van der Waals surface area contributed by atoms with Gasteiger partial charge in [0, 0.05) is 33.9 Å². The summed E-state index contributed by atoms with van der Waals surface area (Å²) in [4.78, 5) is 43.9. The molecule has 2 atom stereocenters. The maximum absolute atomic E-state index is 13.7. The van der Waals surface area contributed by atoms with Gasteiger partial charge in [0.25, 0.3) is 11.8 Å². The molecule has 174 valence electrons. The summed E-state index contributed by atoms with van der Waals surface area (Å²) in [6, 6.07) is 12.1. The Hall–Kier alpha value is -3.94. The molecule has 3 aromatic rings. The van der Waals surface area contributed by atoms with Crippen LogP contribution in [0.4, 0.5) is 4.39 Å². The first-order valence-corrected chi connectivity index (χ1v) is 11.2. The van der Waals surface area contributed by atoms with E-state index in [-0.39, 0.29) is 11.5 Å². The number of carbonyl (C=O) groups excluding carboxylic acids is 3. The summed E-state index contributed by atoms with van der Waals surface area (Å²) in [6.45, 7) is 1.76. The van der Waals surface area contributed by atoms with E-state index in [0.29, 0.717) is 24.1 Å². The number of nitrogens with one attached hydrogen (secondary N) is 1. The maximum Gasteiger partial charge on any atom is 0.316 e. The minimum absolute atomic E-state index is 0.285. The van der Waals surface area contributed by atoms with Gasteiger partial charge in [-0.2, -0.15) is 0 Å². The third-order valence-corrected chi connectivity index (χ3v) is 6.90. The standard InChI is InChI=1S/C26H24FN3O4/c1-15-21(24(32)34-26(25(28)33)12-4-13-26)22-18-5-2-3-6-19(18)29-20(22)11-14-30(15)23(31)16-7-9-17(27)10-8-16/h2-3,5-11,14-15,21,29H,4,12-13H2,1H3,(H2,28,33). The molecular formula is C26H24FN3O4. The highest BCUT2D eigenvalue weighted by Crippen LogP contribution is 2.41. The van der Waals surface area contributed by atoms with Gasteiger partial charge < -0.3 is 20.4 Å². The number of amides is 2. The lowest BCUT2D eigenvalue weighted by molar-refractivity contribution is -0.179. The molecule has 2 amide bonds. The van der Waals surface area contributed by atoms with Gasteiger partial charge >= 0.3 is 5.97 Å². The molecule has 8 heteroatoms. The molecule has 0 saturated heterocycles. The molecule has 1 fully saturated rings. The number of aromatic amines is 1. The highest BCUT2D eigenvalue weighted by molar-refractivity contribution is 5.99. The number of aromatic nitrogens is 1. The van der Waals surface area contributed by atoms with Crippen molar-refractivity contribution in [3.63, 3.8) is 0 Å². The van der Waals surface area contributed by atoms with Crippen LogP contribution in [0, 0.1) is 5.82 Å². The Bertz CT molecular complexity index is 1320. The SMILES string of the molecule is CC1C(C(=O)OC2(C(N)=O)CCC2)c2c([nH]c3ccccc23)C=CN1C(=O)c1ccc(F)cc1. The zero-order valence-electron chi connectivity index (χ0n) is 18.6. The number of benzene rings is 2. The summed E-state index contributed by atoms with van der Waals surface area (Å²) in [5.41, 5.74) is 6.76. The van der Waals surface area contributed by atoms with Gasteiger partial charge in [-0.05, 0) is 62.6 Å². The van der Waals surface area contributed by atoms with Crippen molar-refractivity contribution in [2.24, 2.45) is 5.73 Å². The van der Waals surface area contributed by atoms with Gasteiger partial charge in [-0.1, -0.05) is 18.2 Å². The summed E-state index contributed by atoms with van der Waals surface area (Å²) in [5, 5.41) is 0.828. The molecule has 2 unspecified atom stereocenters. The van der Waals surface area contributed by atoms with Gasteiger partial charge in [-0.25, -0.2) is 4.39 Å². The number of fused-ring (bicyclic) bond motifs is 3. The first-order chi connectivity index (χ1) is 16.3. The zero-order chi connectivity index (χ0) is 24.0. The average molecular weight is 461 g/mol. The Balaban J connectivity index is 1.59. The molecule has 1 aliphatic carbocycles. The molecule has 5 rings (SSSR count). The second-order valence-electron chi connectivity index (χ2n) is 8.88. The third kappa shape index (κ3) is 3.46. The van der Waals surface area contributed by atoms with E-state index in [1.807, 2.05) is 24.3 Å². The molecule has 0 bridgehead atoms. The zero-order valence-corrected chi connectivity index (χ0v) is 18.6. The first-order valence-electron chi connectivity index (χ1n) is 11.2. The fraction of sp³-hybridized carbons (Fsp3) is 0.269. The highest BCUT2D eigenvalue weighted by Gasteiger charge is 2.49. The third-order valence-electron chi connectivity index (χ3n) is 6.90. The summed E-state index contributed by atoms with van der Waals surface area (Å²) < 4.78 is 19.2. The summed E-state index contributed by atoms with van der Waals surface area (Å²) in [7, 11) is 0. The Kier molecular flexibility index (Phi) is 5.23. The predicted octanol–water partition coefficient (Wildman–Crippen LogP) is 3.86. The van der Waals surface area contributed by atoms with Crippen molar-refractivity contribution in [3.8, 4) is 0 Å². The van der Waals surface area contributed by atoms with Crippen LogP contribution in [0.1, 0.15) is 53.7 Å². The Morgan fingerprint density at radius 1 is 1.12 bits per heavy atom. The number of rotatable bonds is 4. The van der Waals surface area contributed by atoms with Crippen molar-refractivity contribution in [2.45, 2.75) is 43.7 Å². The monoisotopic (exact) mass is 461 g/mol. The average Bonchev–Trinajstić information content (AvgIpc) is 3.07. The molecule has 1 saturated carbocycles. The van der Waals surface area contributed by atoms with Crippen LogP contribution >= 0.6 is 0 Å². The van der Waals surface area contributed by atoms with E-state index in [1.165, 1.54) is 29.2 Å². The smallest absolute Gasteiger partial charge is 0.316 e. The van der Waals surface area contributed by atoms with E-state index in [9.17, 15) is 18.8 Å². The van der Waals surface area contributed by atoms with Gasteiger partial charge in [0.15, 0.2) is 5.60 Å². The number of nitrogens with two attached hydrogens (primary N) is 1. The number of para-hydroxylation sites is 1. The Labute approximate surface area is 195 Å². The van der Waals surface area contributed by atoms with Crippen LogP contribution < -0.4 is 5.73 Å². The molecule has 1 aromatic heterocycles. The second kappa shape index (κ2) is 8.13. The summed E-state index contributed by atoms with van der Waals surface area (Å²) in [5.74, 6) is -3.00. The molecule has 1 aliphatic heterocycles. The molecule has 2 aliphatic rings. The van der Waals surface area contributed by atoms with Crippen molar-refractivity contribution in [3.05, 3.63) is 77.4 Å². The van der Waals surface area contributed by atoms with Crippen molar-refractivity contribution in [2.75, 3.05) is 0 Å². The fourth-order valence-corrected chi connectivity index (χ4v) is 4.81. The van der Waals surface area contributed by atoms with Crippen LogP contribution in [0.2, 0.25) is 0 Å². The molecule has 0 spiro atoms. The number of nitrogens with zero attached hydrogens (tertiary/aromatic N) is 1. The normalized spacial score (nSPS) is 20.8. The van der Waals surface area contributed by atoms with Gasteiger partial charge in [-0.15, -0.1) is 0 Å². The maximum atomic E-state index is 13.7. The van der Waals surface area contributed by atoms with Crippen molar-refractivity contribution < 1.29 is 23.5 Å². The number of carbonyl (C=O) groups is 3. The van der Waals surface area contributed by atoms with E-state index < -0.39 is 35.3 Å². The molecule has 34 heavy (non-hydrogen) atoms. The number of primary amides is 1. The van der Waals surface area contributed by atoms with Gasteiger partial charge in [0.1, 0.15) is 11.7 Å². The molecule has 0 radical (unpaired) electrons. The largest absolute Gasteiger partial charge is 0.448 e. The minimum atomic E-state index is -1.31. The number of hydrogen-bond donors (Lipinski definition) is 2. The highest BCUT2D eigenvalue weighted by atomic mass is 19.1. The molecule has 3 N–H and O–H groups in total. The quantitative estimate of drug-likeness (QED) is 0.576. The van der Waals surface area contributed by atoms with Gasteiger partial charge in [-0.3, -0.25) is 14.4 Å². The second-order valence-corrected chi connectivity index (χ2v) is 8.88. The van der Waals surface area contributed by atoms with E-state index in [2.05, 4.69) is 4.98 Å². The van der Waals surface area contributed by atoms with Crippen molar-refractivity contribution in [1.29, 1.82) is 0 Å². The number of hydrogen-bond acceptors (Lipinski definition) is 4. The van der Waals surface area contributed by atoms with Gasteiger partial charge in [0.2, 0.25) is 0 Å². The Morgan fingerprint density at radius 2 is 1.82 bits per heavy atom. The van der Waals surface area contributed by atoms with Crippen molar-refractivity contribution >= 4 is 34.8 Å². The summed E-state index contributed by atoms with van der Waals surface area (Å²) >= 11 is 0. The number of H-pyrrole nitrogens is 1. The molecule has 2 heterocycles. The molecular weight excluding hydrogens is 437 g/mol. The van der Waals surface area contributed by atoms with Crippen molar-refractivity contribution in [1.82, 2.24) is 9.88 Å². The lowest BCUT2D eigenvalue weighted by atomic mass is 9.79. The molecule has 7 nitrogen and oxygen atoms in total. The topological polar surface area (TPSA) is 105 Å². The lowest BCUT2D eigenvalue weighted by Crippen LogP contribution is -2.54. The number of esters is 1. The number of ether oxygens (including phenoxy) is 1. The van der Waals surface area contributed by atoms with Crippen LogP contribution in [0.15, 0.2) is 54.7 Å². The van der Waals surface area contributed by atoms with Crippen LogP contribution in [-0.2, 0) is 14.3 Å². The fourth-order valence-electron chi connectivity index (χ4n) is 4.81. The lowest BCUT2D eigenvalue weighted by Gasteiger charge is -2.40. The van der Waals surface area contributed by atoms with Crippen LogP contribution in [0.25, 0.3) is 17.0 Å². The van der Waals surface area contributed by atoms with Crippen LogP contribution in [0.3, 0.4) is 0 Å². The van der Waals surface area contributed by atoms with E-state index in [0.717, 1.165) is 17.3 Å². The van der Waals surface area contributed by atoms with Crippen LogP contribution in [-0.4, -0.2) is 39.3 Å². The van der Waals surface area contributed by atoms with Crippen LogP contribution in [0.5, 0.6) is 0 Å². The van der Waals surface area contributed by atoms with E-state index in [1.54, 1.807) is 19.2 Å². The minimum Gasteiger partial charge on any atom is -0.448 e. The summed E-state index contributed by atoms with van der Waals surface area (Å²) in [6.07, 6.45) is 4.86. The predicted molar refractivity (Wildman–Crippen MR) is 124 cm³/mol. The van der Waals surface area contributed by atoms with Gasteiger partial charge in [0.05, 0.1) is 6.04 Å².